The molecular formula is C18H32N2O5. The van der Waals surface area contributed by atoms with Crippen molar-refractivity contribution < 1.29 is 24.9 Å². The third kappa shape index (κ3) is 3.71. The van der Waals surface area contributed by atoms with E-state index in [0.717, 1.165) is 64.2 Å². The van der Waals surface area contributed by atoms with Crippen molar-refractivity contribution in [2.24, 2.45) is 5.92 Å². The van der Waals surface area contributed by atoms with Crippen molar-refractivity contribution in [3.05, 3.63) is 0 Å². The largest absolute Gasteiger partial charge is 0.469 e. The number of carbonyl (C=O) groups is 1. The zero-order chi connectivity index (χ0) is 18.0. The number of carbonyl (C=O) groups excluding carboxylic acids is 1. The molecule has 2 saturated carbocycles. The summed E-state index contributed by atoms with van der Waals surface area (Å²) < 4.78 is 4.84. The molecule has 0 spiro atoms. The molecule has 0 aromatic carbocycles. The number of ether oxygens (including phenoxy) is 1. The van der Waals surface area contributed by atoms with Crippen LogP contribution in [0.4, 0.5) is 0 Å². The Bertz CT molecular complexity index is 419. The van der Waals surface area contributed by atoms with Crippen LogP contribution in [0.5, 0.6) is 0 Å². The Morgan fingerprint density at radius 2 is 1.20 bits per heavy atom. The maximum atomic E-state index is 12.3. The molecule has 25 heavy (non-hydrogen) atoms. The first-order chi connectivity index (χ1) is 12.1. The molecule has 7 heteroatoms. The van der Waals surface area contributed by atoms with E-state index in [1.807, 2.05) is 0 Å². The van der Waals surface area contributed by atoms with Crippen molar-refractivity contribution in [2.45, 2.75) is 95.1 Å². The van der Waals surface area contributed by atoms with Crippen LogP contribution >= 0.6 is 0 Å². The van der Waals surface area contributed by atoms with Crippen LogP contribution in [0, 0.1) is 5.92 Å². The number of aliphatic hydroxyl groups is 3. The van der Waals surface area contributed by atoms with Crippen LogP contribution in [0.25, 0.3) is 0 Å². The molecule has 1 heterocycles. The molecule has 2 atom stereocenters. The third-order valence-electron chi connectivity index (χ3n) is 6.25. The van der Waals surface area contributed by atoms with Gasteiger partial charge in [-0.2, -0.15) is 0 Å². The fourth-order valence-electron chi connectivity index (χ4n) is 4.90. The van der Waals surface area contributed by atoms with Gasteiger partial charge in [0, 0.05) is 12.1 Å². The van der Waals surface area contributed by atoms with E-state index >= 15 is 0 Å². The van der Waals surface area contributed by atoms with Crippen molar-refractivity contribution in [1.29, 1.82) is 0 Å². The fourth-order valence-corrected chi connectivity index (χ4v) is 4.90. The Hall–Kier alpha value is -0.730. The highest BCUT2D eigenvalue weighted by Gasteiger charge is 2.53. The van der Waals surface area contributed by atoms with E-state index in [4.69, 9.17) is 4.74 Å². The number of aliphatic hydroxyl groups excluding tert-OH is 3. The molecule has 2 aliphatic carbocycles. The first kappa shape index (κ1) is 19.0. The van der Waals surface area contributed by atoms with Gasteiger partial charge < -0.3 is 20.1 Å². The standard InChI is InChI=1S/C18H32N2O5/c1-25-17(23)14-15(21)19(12-8-4-2-5-9-12)18(24)20(16(14)22)13-10-6-3-7-11-13/h12-16,18,21-22,24H,2-11H2,1H3. The predicted octanol–water partition coefficient (Wildman–Crippen LogP) is 0.971. The van der Waals surface area contributed by atoms with Crippen LogP contribution in [0.2, 0.25) is 0 Å². The molecule has 144 valence electrons. The van der Waals surface area contributed by atoms with Gasteiger partial charge in [-0.25, -0.2) is 9.80 Å². The molecule has 1 aliphatic heterocycles. The highest BCUT2D eigenvalue weighted by Crippen LogP contribution is 2.37. The summed E-state index contributed by atoms with van der Waals surface area (Å²) in [6.45, 7) is 0. The maximum Gasteiger partial charge on any atom is 0.316 e. The van der Waals surface area contributed by atoms with Gasteiger partial charge in [-0.05, 0) is 25.7 Å². The van der Waals surface area contributed by atoms with Crippen LogP contribution in [-0.4, -0.2) is 69.1 Å². The van der Waals surface area contributed by atoms with E-state index in [-0.39, 0.29) is 12.1 Å². The first-order valence-corrected chi connectivity index (χ1v) is 9.73. The molecule has 0 radical (unpaired) electrons. The summed E-state index contributed by atoms with van der Waals surface area (Å²) in [6.07, 6.45) is 6.52. The highest BCUT2D eigenvalue weighted by atomic mass is 16.5. The van der Waals surface area contributed by atoms with Gasteiger partial charge in [0.25, 0.3) is 0 Å². The average Bonchev–Trinajstić information content (AvgIpc) is 2.63. The van der Waals surface area contributed by atoms with E-state index in [9.17, 15) is 20.1 Å². The minimum atomic E-state index is -1.24. The smallest absolute Gasteiger partial charge is 0.316 e. The number of esters is 1. The van der Waals surface area contributed by atoms with E-state index in [1.54, 1.807) is 9.80 Å². The van der Waals surface area contributed by atoms with Gasteiger partial charge in [0.2, 0.25) is 0 Å². The average molecular weight is 356 g/mol. The summed E-state index contributed by atoms with van der Waals surface area (Å²) in [7, 11) is 1.27. The van der Waals surface area contributed by atoms with Gasteiger partial charge in [0.1, 0.15) is 18.4 Å². The zero-order valence-electron chi connectivity index (χ0n) is 15.1. The summed E-state index contributed by atoms with van der Waals surface area (Å²) >= 11 is 0. The third-order valence-corrected chi connectivity index (χ3v) is 6.25. The molecule has 3 fully saturated rings. The molecule has 0 aromatic rings. The number of rotatable bonds is 3. The van der Waals surface area contributed by atoms with E-state index in [0.29, 0.717) is 0 Å². The van der Waals surface area contributed by atoms with Crippen LogP contribution in [0.1, 0.15) is 64.2 Å². The molecule has 0 bridgehead atoms. The second kappa shape index (κ2) is 8.31. The summed E-state index contributed by atoms with van der Waals surface area (Å²) in [4.78, 5) is 15.6. The summed E-state index contributed by atoms with van der Waals surface area (Å²) in [5.41, 5.74) is 0. The lowest BCUT2D eigenvalue weighted by Crippen LogP contribution is -2.72. The minimum absolute atomic E-state index is 0.0181. The molecule has 3 aliphatic rings. The Kier molecular flexibility index (Phi) is 6.33. The molecular weight excluding hydrogens is 324 g/mol. The van der Waals surface area contributed by atoms with Crippen LogP contribution < -0.4 is 0 Å². The number of methoxy groups -OCH3 is 1. The Morgan fingerprint density at radius 1 is 0.800 bits per heavy atom. The van der Waals surface area contributed by atoms with Crippen molar-refractivity contribution in [3.8, 4) is 0 Å². The summed E-state index contributed by atoms with van der Waals surface area (Å²) in [5, 5.41) is 32.7. The molecule has 0 amide bonds. The van der Waals surface area contributed by atoms with Crippen LogP contribution in [0.3, 0.4) is 0 Å². The van der Waals surface area contributed by atoms with Gasteiger partial charge in [-0.15, -0.1) is 0 Å². The Balaban J connectivity index is 1.89. The summed E-state index contributed by atoms with van der Waals surface area (Å²) in [6, 6.07) is 0.0361. The monoisotopic (exact) mass is 356 g/mol. The predicted molar refractivity (Wildman–Crippen MR) is 91.0 cm³/mol. The van der Waals surface area contributed by atoms with Crippen molar-refractivity contribution in [1.82, 2.24) is 9.80 Å². The van der Waals surface area contributed by atoms with E-state index in [1.165, 1.54) is 7.11 Å². The molecule has 3 N–H and O–H groups in total. The van der Waals surface area contributed by atoms with Crippen LogP contribution in [-0.2, 0) is 9.53 Å². The number of hydrogen-bond donors (Lipinski definition) is 3. The van der Waals surface area contributed by atoms with Gasteiger partial charge in [-0.3, -0.25) is 4.79 Å². The number of nitrogens with zero attached hydrogens (tertiary/aromatic N) is 2. The van der Waals surface area contributed by atoms with Crippen molar-refractivity contribution in [3.63, 3.8) is 0 Å². The van der Waals surface area contributed by atoms with E-state index < -0.39 is 30.7 Å². The molecule has 0 aromatic heterocycles. The zero-order valence-corrected chi connectivity index (χ0v) is 15.1. The second-order valence-electron chi connectivity index (χ2n) is 7.70. The molecule has 3 rings (SSSR count). The van der Waals surface area contributed by atoms with Gasteiger partial charge in [-0.1, -0.05) is 38.5 Å². The highest BCUT2D eigenvalue weighted by molar-refractivity contribution is 5.73. The van der Waals surface area contributed by atoms with E-state index in [2.05, 4.69) is 0 Å². The normalized spacial score (nSPS) is 37.1. The molecule has 1 saturated heterocycles. The summed E-state index contributed by atoms with van der Waals surface area (Å²) in [5.74, 6) is -1.72. The Labute approximate surface area is 149 Å². The molecule has 7 nitrogen and oxygen atoms in total. The quantitative estimate of drug-likeness (QED) is 0.649. The Morgan fingerprint density at radius 3 is 1.56 bits per heavy atom. The lowest BCUT2D eigenvalue weighted by atomic mass is 9.88. The first-order valence-electron chi connectivity index (χ1n) is 9.73. The minimum Gasteiger partial charge on any atom is -0.469 e. The van der Waals surface area contributed by atoms with Crippen molar-refractivity contribution in [2.75, 3.05) is 7.11 Å². The fraction of sp³-hybridized carbons (Fsp3) is 0.944. The second-order valence-corrected chi connectivity index (χ2v) is 7.70. The van der Waals surface area contributed by atoms with Crippen molar-refractivity contribution >= 4 is 5.97 Å². The molecule has 2 unspecified atom stereocenters. The maximum absolute atomic E-state index is 12.3. The van der Waals surface area contributed by atoms with Gasteiger partial charge >= 0.3 is 5.97 Å². The number of hydrogen-bond acceptors (Lipinski definition) is 7. The SMILES string of the molecule is COC(=O)C1C(O)N(C2CCCCC2)C(O)N(C2CCCCC2)C1O. The van der Waals surface area contributed by atoms with Gasteiger partial charge in [0.05, 0.1) is 7.11 Å². The van der Waals surface area contributed by atoms with Gasteiger partial charge in [0.15, 0.2) is 6.35 Å². The lowest BCUT2D eigenvalue weighted by Gasteiger charge is -2.55. The lowest BCUT2D eigenvalue weighted by molar-refractivity contribution is -0.306. The topological polar surface area (TPSA) is 93.5 Å². The van der Waals surface area contributed by atoms with Crippen LogP contribution in [0.15, 0.2) is 0 Å².